The molecule has 0 aliphatic heterocycles. The lowest BCUT2D eigenvalue weighted by Crippen LogP contribution is -2.55. The molecule has 0 bridgehead atoms. The van der Waals surface area contributed by atoms with Gasteiger partial charge < -0.3 is 15.7 Å². The van der Waals surface area contributed by atoms with Gasteiger partial charge in [-0.05, 0) is 19.3 Å². The maximum absolute atomic E-state index is 13.4. The summed E-state index contributed by atoms with van der Waals surface area (Å²) in [6.45, 7) is 0. The van der Waals surface area contributed by atoms with Crippen molar-refractivity contribution in [3.8, 4) is 0 Å². The van der Waals surface area contributed by atoms with Gasteiger partial charge in [0.2, 0.25) is 0 Å². The molecule has 0 saturated heterocycles. The molecule has 21 heavy (non-hydrogen) atoms. The molecule has 0 aromatic heterocycles. The summed E-state index contributed by atoms with van der Waals surface area (Å²) in [5, 5.41) is 13.2. The predicted molar refractivity (Wildman–Crippen MR) is 67.3 cm³/mol. The Labute approximate surface area is 118 Å². The van der Waals surface area contributed by atoms with Crippen molar-refractivity contribution in [1.82, 2.24) is 5.32 Å². The summed E-state index contributed by atoms with van der Waals surface area (Å²) in [6, 6.07) is -0.0511. The highest BCUT2D eigenvalue weighted by molar-refractivity contribution is 5.90. The first kappa shape index (κ1) is 15.1. The number of benzene rings is 1. The summed E-state index contributed by atoms with van der Waals surface area (Å²) in [5.74, 6) is -4.67. The maximum atomic E-state index is 13.4. The SMILES string of the molecule is O=C(O)CC1(NC(=O)Nc2c(F)cc(F)cc2F)CCC1. The Morgan fingerprint density at radius 3 is 2.19 bits per heavy atom. The van der Waals surface area contributed by atoms with Gasteiger partial charge >= 0.3 is 12.0 Å². The van der Waals surface area contributed by atoms with Crippen LogP contribution in [-0.2, 0) is 4.79 Å². The molecule has 1 saturated carbocycles. The van der Waals surface area contributed by atoms with E-state index in [9.17, 15) is 22.8 Å². The zero-order chi connectivity index (χ0) is 15.6. The number of nitrogens with one attached hydrogen (secondary N) is 2. The molecule has 114 valence electrons. The van der Waals surface area contributed by atoms with Crippen molar-refractivity contribution in [2.45, 2.75) is 31.2 Å². The van der Waals surface area contributed by atoms with Crippen LogP contribution in [0.4, 0.5) is 23.7 Å². The highest BCUT2D eigenvalue weighted by Gasteiger charge is 2.40. The Hall–Kier alpha value is -2.25. The first-order valence-corrected chi connectivity index (χ1v) is 6.27. The minimum atomic E-state index is -1.25. The third-order valence-corrected chi connectivity index (χ3v) is 3.42. The molecular weight excluding hydrogens is 289 g/mol. The molecule has 8 heteroatoms. The topological polar surface area (TPSA) is 78.4 Å². The van der Waals surface area contributed by atoms with Gasteiger partial charge in [0.05, 0.1) is 12.0 Å². The lowest BCUT2D eigenvalue weighted by Gasteiger charge is -2.41. The number of hydrogen-bond donors (Lipinski definition) is 3. The van der Waals surface area contributed by atoms with E-state index in [4.69, 9.17) is 5.11 Å². The highest BCUT2D eigenvalue weighted by atomic mass is 19.1. The van der Waals surface area contributed by atoms with Crippen molar-refractivity contribution in [3.63, 3.8) is 0 Å². The van der Waals surface area contributed by atoms with Crippen LogP contribution in [-0.4, -0.2) is 22.6 Å². The van der Waals surface area contributed by atoms with Crippen LogP contribution >= 0.6 is 0 Å². The fourth-order valence-electron chi connectivity index (χ4n) is 2.29. The molecule has 0 spiro atoms. The van der Waals surface area contributed by atoms with Gasteiger partial charge in [-0.1, -0.05) is 0 Å². The summed E-state index contributed by atoms with van der Waals surface area (Å²) < 4.78 is 39.5. The van der Waals surface area contributed by atoms with E-state index in [1.54, 1.807) is 0 Å². The molecule has 2 amide bonds. The number of hydrogen-bond acceptors (Lipinski definition) is 2. The van der Waals surface area contributed by atoms with Gasteiger partial charge in [-0.25, -0.2) is 18.0 Å². The van der Waals surface area contributed by atoms with E-state index in [1.807, 2.05) is 5.32 Å². The summed E-state index contributed by atoms with van der Waals surface area (Å²) in [4.78, 5) is 22.5. The quantitative estimate of drug-likeness (QED) is 0.800. The molecule has 3 N–H and O–H groups in total. The van der Waals surface area contributed by atoms with Crippen LogP contribution in [0.5, 0.6) is 0 Å². The maximum Gasteiger partial charge on any atom is 0.319 e. The number of amides is 2. The smallest absolute Gasteiger partial charge is 0.319 e. The summed E-state index contributed by atoms with van der Waals surface area (Å²) >= 11 is 0. The van der Waals surface area contributed by atoms with Gasteiger partial charge in [-0.2, -0.15) is 0 Å². The Morgan fingerprint density at radius 1 is 1.19 bits per heavy atom. The number of aliphatic carboxylic acids is 1. The van der Waals surface area contributed by atoms with Crippen LogP contribution in [0.2, 0.25) is 0 Å². The van der Waals surface area contributed by atoms with Crippen molar-refractivity contribution in [2.24, 2.45) is 0 Å². The first-order valence-electron chi connectivity index (χ1n) is 6.27. The normalized spacial score (nSPS) is 16.0. The van der Waals surface area contributed by atoms with Crippen molar-refractivity contribution >= 4 is 17.7 Å². The summed E-state index contributed by atoms with van der Waals surface area (Å²) in [7, 11) is 0. The fraction of sp³-hybridized carbons (Fsp3) is 0.385. The van der Waals surface area contributed by atoms with Crippen molar-refractivity contribution in [3.05, 3.63) is 29.6 Å². The van der Waals surface area contributed by atoms with Crippen LogP contribution in [0.1, 0.15) is 25.7 Å². The minimum absolute atomic E-state index is 0.269. The molecule has 0 radical (unpaired) electrons. The second-order valence-corrected chi connectivity index (χ2v) is 5.03. The molecule has 1 aliphatic carbocycles. The van der Waals surface area contributed by atoms with Crippen LogP contribution in [0.15, 0.2) is 12.1 Å². The predicted octanol–water partition coefficient (Wildman–Crippen LogP) is 2.62. The van der Waals surface area contributed by atoms with Gasteiger partial charge in [0.15, 0.2) is 11.6 Å². The average Bonchev–Trinajstić information content (AvgIpc) is 2.30. The summed E-state index contributed by atoms with van der Waals surface area (Å²) in [6.07, 6.45) is 1.43. The van der Waals surface area contributed by atoms with E-state index in [0.717, 1.165) is 6.42 Å². The standard InChI is InChI=1S/C13H13F3N2O3/c14-7-4-8(15)11(9(16)5-7)17-12(21)18-13(2-1-3-13)6-10(19)20/h4-5H,1-3,6H2,(H,19,20)(H2,17,18,21). The average molecular weight is 302 g/mol. The van der Waals surface area contributed by atoms with Crippen molar-refractivity contribution in [2.75, 3.05) is 5.32 Å². The summed E-state index contributed by atoms with van der Waals surface area (Å²) in [5.41, 5.74) is -1.68. The van der Waals surface area contributed by atoms with Gasteiger partial charge in [-0.15, -0.1) is 0 Å². The molecule has 5 nitrogen and oxygen atoms in total. The van der Waals surface area contributed by atoms with E-state index in [-0.39, 0.29) is 6.42 Å². The third-order valence-electron chi connectivity index (χ3n) is 3.42. The Bertz CT molecular complexity index is 565. The number of rotatable bonds is 4. The second kappa shape index (κ2) is 5.63. The van der Waals surface area contributed by atoms with Gasteiger partial charge in [0.1, 0.15) is 11.5 Å². The van der Waals surface area contributed by atoms with Crippen LogP contribution in [0.3, 0.4) is 0 Å². The molecule has 2 rings (SSSR count). The highest BCUT2D eigenvalue weighted by Crippen LogP contribution is 2.35. The number of urea groups is 1. The number of carbonyl (C=O) groups is 2. The van der Waals surface area contributed by atoms with Crippen molar-refractivity contribution < 1.29 is 27.9 Å². The van der Waals surface area contributed by atoms with Crippen molar-refractivity contribution in [1.29, 1.82) is 0 Å². The molecule has 1 aliphatic rings. The minimum Gasteiger partial charge on any atom is -0.481 e. The monoisotopic (exact) mass is 302 g/mol. The number of carboxylic acids is 1. The van der Waals surface area contributed by atoms with Gasteiger partial charge in [-0.3, -0.25) is 4.79 Å². The molecule has 1 fully saturated rings. The van der Waals surface area contributed by atoms with Crippen LogP contribution < -0.4 is 10.6 Å². The number of carboxylic acid groups (broad SMARTS) is 1. The molecule has 0 atom stereocenters. The van der Waals surface area contributed by atoms with Gasteiger partial charge in [0.25, 0.3) is 0 Å². The van der Waals surface area contributed by atoms with Crippen LogP contribution in [0.25, 0.3) is 0 Å². The first-order chi connectivity index (χ1) is 9.81. The number of halogens is 3. The largest absolute Gasteiger partial charge is 0.481 e. The fourth-order valence-corrected chi connectivity index (χ4v) is 2.29. The Kier molecular flexibility index (Phi) is 4.06. The lowest BCUT2D eigenvalue weighted by molar-refractivity contribution is -0.139. The number of carbonyl (C=O) groups excluding carboxylic acids is 1. The van der Waals surface area contributed by atoms with Gasteiger partial charge in [0, 0.05) is 12.1 Å². The number of anilines is 1. The lowest BCUT2D eigenvalue weighted by atomic mass is 9.74. The zero-order valence-corrected chi connectivity index (χ0v) is 10.9. The van der Waals surface area contributed by atoms with E-state index in [0.29, 0.717) is 25.0 Å². The van der Waals surface area contributed by atoms with E-state index in [1.165, 1.54) is 0 Å². The molecular formula is C13H13F3N2O3. The van der Waals surface area contributed by atoms with E-state index < -0.39 is 40.7 Å². The second-order valence-electron chi connectivity index (χ2n) is 5.03. The van der Waals surface area contributed by atoms with E-state index >= 15 is 0 Å². The Balaban J connectivity index is 2.07. The third kappa shape index (κ3) is 3.45. The zero-order valence-electron chi connectivity index (χ0n) is 10.9. The Morgan fingerprint density at radius 2 is 1.76 bits per heavy atom. The van der Waals surface area contributed by atoms with E-state index in [2.05, 4.69) is 5.32 Å². The molecule has 0 heterocycles. The van der Waals surface area contributed by atoms with Crippen LogP contribution in [0, 0.1) is 17.5 Å². The molecule has 1 aromatic carbocycles. The molecule has 0 unspecified atom stereocenters. The molecule has 1 aromatic rings.